The minimum Gasteiger partial charge on any atom is -0.382 e. The Labute approximate surface area is 122 Å². The van der Waals surface area contributed by atoms with Crippen molar-refractivity contribution in [3.05, 3.63) is 10.8 Å². The predicted octanol–water partition coefficient (Wildman–Crippen LogP) is -0.220. The fourth-order valence-electron chi connectivity index (χ4n) is 1.36. The average Bonchev–Trinajstić information content (AvgIpc) is 2.41. The molecule has 0 saturated heterocycles. The highest BCUT2D eigenvalue weighted by Gasteiger charge is 2.15. The fraction of sp³-hybridized carbons (Fsp3) is 0.545. The number of nitrogens with zero attached hydrogens (tertiary/aromatic N) is 2. The monoisotopic (exact) mass is 302 g/mol. The number of aromatic nitrogens is 2. The Morgan fingerprint density at radius 1 is 1.20 bits per heavy atom. The first-order valence-electron chi connectivity index (χ1n) is 6.20. The third-order valence-electron chi connectivity index (χ3n) is 2.36. The molecular weight excluding hydrogens is 284 g/mol. The van der Waals surface area contributed by atoms with Crippen LogP contribution in [0.3, 0.4) is 0 Å². The summed E-state index contributed by atoms with van der Waals surface area (Å²) in [6.45, 7) is 2.21. The number of carbonyl (C=O) groups excluding carboxylic acids is 1. The quantitative estimate of drug-likeness (QED) is 0.486. The van der Waals surface area contributed by atoms with Crippen LogP contribution in [0, 0.1) is 0 Å². The Kier molecular flexibility index (Phi) is 6.99. The maximum Gasteiger partial charge on any atom is 0.273 e. The lowest BCUT2D eigenvalue weighted by Gasteiger charge is -2.08. The Bertz CT molecular complexity index is 457. The van der Waals surface area contributed by atoms with Crippen molar-refractivity contribution in [2.45, 2.75) is 12.8 Å². The largest absolute Gasteiger partial charge is 0.382 e. The highest BCUT2D eigenvalue weighted by molar-refractivity contribution is 6.31. The van der Waals surface area contributed by atoms with Gasteiger partial charge in [0, 0.05) is 19.8 Å². The van der Waals surface area contributed by atoms with E-state index in [0.717, 1.165) is 6.42 Å². The van der Waals surface area contributed by atoms with E-state index >= 15 is 0 Å². The molecule has 0 aliphatic rings. The van der Waals surface area contributed by atoms with Gasteiger partial charge >= 0.3 is 0 Å². The second kappa shape index (κ2) is 8.51. The van der Waals surface area contributed by atoms with Gasteiger partial charge in [-0.25, -0.2) is 9.97 Å². The van der Waals surface area contributed by atoms with Crippen molar-refractivity contribution < 1.29 is 9.53 Å². The van der Waals surface area contributed by atoms with Gasteiger partial charge in [0.2, 0.25) is 0 Å². The van der Waals surface area contributed by atoms with Gasteiger partial charge in [0.15, 0.2) is 22.5 Å². The van der Waals surface area contributed by atoms with Crippen LogP contribution in [0.1, 0.15) is 23.3 Å². The zero-order valence-corrected chi connectivity index (χ0v) is 11.8. The SMILES string of the molecule is NCCCOCCCNC(=O)c1nc(Cl)c(N)nc1N. The molecule has 1 rings (SSSR count). The third-order valence-corrected chi connectivity index (χ3v) is 2.64. The van der Waals surface area contributed by atoms with Crippen molar-refractivity contribution in [2.24, 2.45) is 5.73 Å². The van der Waals surface area contributed by atoms with Crippen LogP contribution in [0.25, 0.3) is 0 Å². The van der Waals surface area contributed by atoms with Gasteiger partial charge in [0.05, 0.1) is 0 Å². The molecule has 0 spiro atoms. The van der Waals surface area contributed by atoms with Gasteiger partial charge in [0.1, 0.15) is 0 Å². The van der Waals surface area contributed by atoms with E-state index in [0.29, 0.717) is 32.7 Å². The molecule has 0 atom stereocenters. The molecule has 0 saturated carbocycles. The van der Waals surface area contributed by atoms with E-state index in [1.165, 1.54) is 0 Å². The number of anilines is 2. The number of nitrogens with two attached hydrogens (primary N) is 3. The van der Waals surface area contributed by atoms with Crippen LogP contribution >= 0.6 is 11.6 Å². The highest BCUT2D eigenvalue weighted by Crippen LogP contribution is 2.16. The van der Waals surface area contributed by atoms with Gasteiger partial charge in [-0.05, 0) is 19.4 Å². The van der Waals surface area contributed by atoms with Gasteiger partial charge in [-0.1, -0.05) is 11.6 Å². The lowest BCUT2D eigenvalue weighted by atomic mass is 10.3. The van der Waals surface area contributed by atoms with Gasteiger partial charge in [-0.2, -0.15) is 0 Å². The summed E-state index contributed by atoms with van der Waals surface area (Å²) in [7, 11) is 0. The van der Waals surface area contributed by atoms with E-state index < -0.39 is 5.91 Å². The zero-order chi connectivity index (χ0) is 15.0. The summed E-state index contributed by atoms with van der Waals surface area (Å²) in [6.07, 6.45) is 1.49. The molecule has 0 bridgehead atoms. The molecule has 1 aromatic rings. The summed E-state index contributed by atoms with van der Waals surface area (Å²) in [4.78, 5) is 19.4. The van der Waals surface area contributed by atoms with Crippen LogP contribution in [0.5, 0.6) is 0 Å². The van der Waals surface area contributed by atoms with Crippen LogP contribution in [-0.2, 0) is 4.74 Å². The number of rotatable bonds is 8. The van der Waals surface area contributed by atoms with Crippen LogP contribution in [-0.4, -0.2) is 42.2 Å². The van der Waals surface area contributed by atoms with Crippen molar-refractivity contribution in [2.75, 3.05) is 37.8 Å². The molecule has 0 fully saturated rings. The van der Waals surface area contributed by atoms with Crippen molar-refractivity contribution >= 4 is 29.1 Å². The molecule has 0 radical (unpaired) electrons. The topological polar surface area (TPSA) is 142 Å². The number of nitrogens with one attached hydrogen (secondary N) is 1. The molecule has 20 heavy (non-hydrogen) atoms. The molecule has 0 aliphatic carbocycles. The Morgan fingerprint density at radius 3 is 2.60 bits per heavy atom. The number of nitrogen functional groups attached to an aromatic ring is 2. The van der Waals surface area contributed by atoms with Crippen LogP contribution in [0.4, 0.5) is 11.6 Å². The van der Waals surface area contributed by atoms with Crippen molar-refractivity contribution in [1.29, 1.82) is 0 Å². The summed E-state index contributed by atoms with van der Waals surface area (Å²) < 4.78 is 5.30. The summed E-state index contributed by atoms with van der Waals surface area (Å²) in [5.74, 6) is -0.503. The first-order valence-corrected chi connectivity index (χ1v) is 6.58. The number of amides is 1. The van der Waals surface area contributed by atoms with Crippen LogP contribution in [0.15, 0.2) is 0 Å². The van der Waals surface area contributed by atoms with Crippen LogP contribution < -0.4 is 22.5 Å². The van der Waals surface area contributed by atoms with Gasteiger partial charge in [-0.3, -0.25) is 4.79 Å². The summed E-state index contributed by atoms with van der Waals surface area (Å²) in [5.41, 5.74) is 16.3. The van der Waals surface area contributed by atoms with E-state index in [2.05, 4.69) is 15.3 Å². The molecule has 1 amide bonds. The molecule has 8 nitrogen and oxygen atoms in total. The summed E-state index contributed by atoms with van der Waals surface area (Å²) >= 11 is 5.70. The second-order valence-electron chi connectivity index (χ2n) is 4.00. The second-order valence-corrected chi connectivity index (χ2v) is 4.36. The summed E-state index contributed by atoms with van der Waals surface area (Å²) in [6, 6.07) is 0. The number of hydrogen-bond donors (Lipinski definition) is 4. The van der Waals surface area contributed by atoms with E-state index in [1.54, 1.807) is 0 Å². The van der Waals surface area contributed by atoms with E-state index in [1.807, 2.05) is 0 Å². The molecule has 1 heterocycles. The number of halogens is 1. The van der Waals surface area contributed by atoms with Crippen molar-refractivity contribution in [3.63, 3.8) is 0 Å². The predicted molar refractivity (Wildman–Crippen MR) is 77.3 cm³/mol. The minimum atomic E-state index is -0.446. The first kappa shape index (κ1) is 16.4. The molecule has 0 unspecified atom stereocenters. The smallest absolute Gasteiger partial charge is 0.273 e. The van der Waals surface area contributed by atoms with Gasteiger partial charge in [-0.15, -0.1) is 0 Å². The minimum absolute atomic E-state index is 0.00554. The van der Waals surface area contributed by atoms with E-state index in [9.17, 15) is 4.79 Å². The summed E-state index contributed by atoms with van der Waals surface area (Å²) in [5, 5.41) is 2.60. The molecule has 1 aromatic heterocycles. The molecule has 7 N–H and O–H groups in total. The Balaban J connectivity index is 2.34. The molecule has 112 valence electrons. The molecule has 0 aromatic carbocycles. The van der Waals surface area contributed by atoms with Crippen LogP contribution in [0.2, 0.25) is 5.15 Å². The highest BCUT2D eigenvalue weighted by atomic mass is 35.5. The molecule has 9 heteroatoms. The normalized spacial score (nSPS) is 10.5. The van der Waals surface area contributed by atoms with Crippen molar-refractivity contribution in [1.82, 2.24) is 15.3 Å². The third kappa shape index (κ3) is 5.16. The number of hydrogen-bond acceptors (Lipinski definition) is 7. The van der Waals surface area contributed by atoms with E-state index in [4.69, 9.17) is 33.5 Å². The first-order chi connectivity index (χ1) is 9.56. The molecule has 0 aliphatic heterocycles. The standard InChI is InChI=1S/C11H19ClN6O2/c12-8-10(15)18-9(14)7(17-8)11(19)16-4-2-6-20-5-1-3-13/h1-6,13H2,(H,16,19)(H4,14,15,18). The lowest BCUT2D eigenvalue weighted by molar-refractivity contribution is 0.0937. The Morgan fingerprint density at radius 2 is 1.90 bits per heavy atom. The Hall–Kier alpha value is -1.64. The van der Waals surface area contributed by atoms with Gasteiger partial charge < -0.3 is 27.3 Å². The maximum atomic E-state index is 11.8. The molecular formula is C11H19ClN6O2. The number of ether oxygens (including phenoxy) is 1. The average molecular weight is 303 g/mol. The maximum absolute atomic E-state index is 11.8. The zero-order valence-electron chi connectivity index (χ0n) is 11.1. The van der Waals surface area contributed by atoms with Crippen molar-refractivity contribution in [3.8, 4) is 0 Å². The number of carbonyl (C=O) groups is 1. The van der Waals surface area contributed by atoms with E-state index in [-0.39, 0.29) is 22.5 Å². The fourth-order valence-corrected chi connectivity index (χ4v) is 1.48. The van der Waals surface area contributed by atoms with Gasteiger partial charge in [0.25, 0.3) is 5.91 Å². The lowest BCUT2D eigenvalue weighted by Crippen LogP contribution is -2.27.